The highest BCUT2D eigenvalue weighted by atomic mass is 32.2. The maximum atomic E-state index is 13.3. The quantitative estimate of drug-likeness (QED) is 0.500. The molecule has 0 aromatic heterocycles. The Morgan fingerprint density at radius 1 is 1.22 bits per heavy atom. The number of hydrogen-bond acceptors (Lipinski definition) is 9. The highest BCUT2D eigenvalue weighted by molar-refractivity contribution is 8.14. The Morgan fingerprint density at radius 3 is 2.70 bits per heavy atom. The van der Waals surface area contributed by atoms with Gasteiger partial charge < -0.3 is 14.8 Å². The Hall–Kier alpha value is -3.62. The third-order valence-electron chi connectivity index (χ3n) is 5.86. The molecular weight excluding hydrogens is 515 g/mol. The number of nitrogens with zero attached hydrogens (tertiary/aromatic N) is 2. The van der Waals surface area contributed by atoms with E-state index in [0.29, 0.717) is 11.5 Å². The molecule has 37 heavy (non-hydrogen) atoms. The zero-order valence-corrected chi connectivity index (χ0v) is 20.0. The fourth-order valence-corrected chi connectivity index (χ4v) is 4.93. The van der Waals surface area contributed by atoms with Gasteiger partial charge in [-0.2, -0.15) is 13.2 Å². The number of benzene rings is 2. The number of alkyl halides is 3. The van der Waals surface area contributed by atoms with E-state index in [0.717, 1.165) is 28.8 Å². The molecule has 5 rings (SSSR count). The molecule has 3 aliphatic heterocycles. The lowest BCUT2D eigenvalue weighted by Crippen LogP contribution is -2.49. The van der Waals surface area contributed by atoms with Crippen LogP contribution < -0.4 is 30.5 Å². The van der Waals surface area contributed by atoms with Gasteiger partial charge in [0.2, 0.25) is 18.6 Å². The molecule has 2 aromatic carbocycles. The maximum absolute atomic E-state index is 13.3. The van der Waals surface area contributed by atoms with Gasteiger partial charge in [-0.05, 0) is 31.2 Å². The van der Waals surface area contributed by atoms with Gasteiger partial charge in [-0.3, -0.25) is 24.7 Å². The van der Waals surface area contributed by atoms with Gasteiger partial charge in [0.1, 0.15) is 6.17 Å². The normalized spacial score (nSPS) is 20.5. The van der Waals surface area contributed by atoms with Crippen molar-refractivity contribution in [2.24, 2.45) is 10.9 Å². The molecule has 0 bridgehead atoms. The van der Waals surface area contributed by atoms with Gasteiger partial charge in [-0.1, -0.05) is 17.8 Å². The fraction of sp³-hybridized carbons (Fsp3) is 0.304. The summed E-state index contributed by atoms with van der Waals surface area (Å²) < 4.78 is 50.6. The molecule has 0 aliphatic carbocycles. The molecule has 3 N–H and O–H groups in total. The van der Waals surface area contributed by atoms with Crippen LogP contribution in [0.5, 0.6) is 11.5 Å². The van der Waals surface area contributed by atoms with Crippen molar-refractivity contribution in [2.75, 3.05) is 29.3 Å². The molecule has 0 spiro atoms. The van der Waals surface area contributed by atoms with Crippen LogP contribution in [0.15, 0.2) is 41.4 Å². The predicted octanol–water partition coefficient (Wildman–Crippen LogP) is 2.76. The van der Waals surface area contributed by atoms with E-state index < -0.39 is 35.6 Å². The summed E-state index contributed by atoms with van der Waals surface area (Å²) in [6, 6.07) is 7.33. The molecule has 1 saturated heterocycles. The molecule has 0 radical (unpaired) electrons. The Labute approximate surface area is 212 Å². The van der Waals surface area contributed by atoms with Gasteiger partial charge in [0.15, 0.2) is 22.4 Å². The van der Waals surface area contributed by atoms with Gasteiger partial charge in [0.25, 0.3) is 0 Å². The number of amides is 2. The number of rotatable bonds is 5. The summed E-state index contributed by atoms with van der Waals surface area (Å²) >= 11 is 0.887. The largest absolute Gasteiger partial charge is 0.454 e. The van der Waals surface area contributed by atoms with Crippen LogP contribution >= 0.6 is 11.8 Å². The second kappa shape index (κ2) is 9.68. The molecule has 2 atom stereocenters. The monoisotopic (exact) mass is 535 g/mol. The van der Waals surface area contributed by atoms with Gasteiger partial charge >= 0.3 is 6.18 Å². The minimum atomic E-state index is -4.60. The number of carbonyl (C=O) groups is 3. The maximum Gasteiger partial charge on any atom is 0.416 e. The number of anilines is 2. The average Bonchev–Trinajstić information content (AvgIpc) is 3.51. The van der Waals surface area contributed by atoms with Crippen LogP contribution in [0.25, 0.3) is 0 Å². The number of Topliss-reactive ketones (excluding diaryl/α,β-unsaturated/α-hetero) is 1. The first-order valence-corrected chi connectivity index (χ1v) is 12.0. The average molecular weight is 536 g/mol. The molecule has 2 amide bonds. The Kier molecular flexibility index (Phi) is 6.56. The van der Waals surface area contributed by atoms with Crippen LogP contribution in [0.4, 0.5) is 24.5 Å². The van der Waals surface area contributed by atoms with Crippen molar-refractivity contribution >= 4 is 45.9 Å². The number of carbonyl (C=O) groups excluding carboxylic acids is 3. The highest BCUT2D eigenvalue weighted by Gasteiger charge is 2.43. The number of hydrogen-bond donors (Lipinski definition) is 3. The number of halogens is 3. The predicted molar refractivity (Wildman–Crippen MR) is 128 cm³/mol. The smallest absolute Gasteiger partial charge is 0.416 e. The first-order valence-electron chi connectivity index (χ1n) is 11.1. The number of thioether (sulfide) groups is 1. The number of aliphatic imine (C=N–C) groups is 1. The topological polar surface area (TPSA) is 121 Å². The van der Waals surface area contributed by atoms with Gasteiger partial charge in [0, 0.05) is 18.2 Å². The van der Waals surface area contributed by atoms with Gasteiger partial charge in [-0.25, -0.2) is 10.4 Å². The van der Waals surface area contributed by atoms with Crippen LogP contribution in [0.3, 0.4) is 0 Å². The van der Waals surface area contributed by atoms with Crippen molar-refractivity contribution in [3.05, 3.63) is 47.5 Å². The van der Waals surface area contributed by atoms with E-state index >= 15 is 0 Å². The van der Waals surface area contributed by atoms with Crippen molar-refractivity contribution in [3.8, 4) is 11.5 Å². The number of hydrazine groups is 1. The second-order valence-corrected chi connectivity index (χ2v) is 9.30. The number of ketones is 1. The summed E-state index contributed by atoms with van der Waals surface area (Å²) in [5.41, 5.74) is 5.21. The SMILES string of the molecule is CC(=O)c1cc2c(cc1NC(=O)CSC1=NC3NNCC3C(=O)N1c1cccc(C(F)(F)F)c1)OCO2. The lowest BCUT2D eigenvalue weighted by Gasteiger charge is -2.32. The van der Waals surface area contributed by atoms with E-state index in [-0.39, 0.29) is 47.0 Å². The summed E-state index contributed by atoms with van der Waals surface area (Å²) in [6.07, 6.45) is -5.23. The zero-order chi connectivity index (χ0) is 26.3. The van der Waals surface area contributed by atoms with Crippen molar-refractivity contribution in [1.29, 1.82) is 0 Å². The zero-order valence-electron chi connectivity index (χ0n) is 19.2. The summed E-state index contributed by atoms with van der Waals surface area (Å²) in [4.78, 5) is 43.7. The molecule has 3 aliphatic rings. The molecule has 2 aromatic rings. The highest BCUT2D eigenvalue weighted by Crippen LogP contribution is 2.38. The molecule has 1 fully saturated rings. The summed E-state index contributed by atoms with van der Waals surface area (Å²) in [5.74, 6) is -1.38. The van der Waals surface area contributed by atoms with Crippen LogP contribution in [-0.4, -0.2) is 48.0 Å². The van der Waals surface area contributed by atoms with Crippen LogP contribution in [0.1, 0.15) is 22.8 Å². The van der Waals surface area contributed by atoms with Crippen molar-refractivity contribution in [1.82, 2.24) is 10.9 Å². The number of nitrogens with one attached hydrogen (secondary N) is 3. The lowest BCUT2D eigenvalue weighted by molar-refractivity contribution is -0.137. The minimum absolute atomic E-state index is 0.00790. The van der Waals surface area contributed by atoms with E-state index in [9.17, 15) is 27.6 Å². The summed E-state index contributed by atoms with van der Waals surface area (Å²) in [6.45, 7) is 1.58. The standard InChI is InChI=1S/C23H20F3N5O5S/c1-11(32)14-6-17-18(36-10-35-17)7-16(14)28-19(33)9-37-22-29-20-15(8-27-30-20)21(34)31(22)13-4-2-3-12(5-13)23(24,25)26/h2-7,15,20,27,30H,8-10H2,1H3,(H,28,33). The van der Waals surface area contributed by atoms with E-state index in [1.54, 1.807) is 0 Å². The molecule has 14 heteroatoms. The first-order chi connectivity index (χ1) is 17.6. The Morgan fingerprint density at radius 2 is 1.97 bits per heavy atom. The molecule has 10 nitrogen and oxygen atoms in total. The molecular formula is C23H20F3N5O5S. The van der Waals surface area contributed by atoms with E-state index in [1.807, 2.05) is 0 Å². The summed E-state index contributed by atoms with van der Waals surface area (Å²) in [7, 11) is 0. The second-order valence-electron chi connectivity index (χ2n) is 8.35. The van der Waals surface area contributed by atoms with Crippen molar-refractivity contribution in [2.45, 2.75) is 19.3 Å². The molecule has 0 saturated carbocycles. The number of amidine groups is 1. The van der Waals surface area contributed by atoms with E-state index in [2.05, 4.69) is 21.2 Å². The third-order valence-corrected chi connectivity index (χ3v) is 6.81. The van der Waals surface area contributed by atoms with Crippen molar-refractivity contribution < 1.29 is 37.0 Å². The molecule has 2 unspecified atom stereocenters. The lowest BCUT2D eigenvalue weighted by atomic mass is 10.0. The molecule has 194 valence electrons. The van der Waals surface area contributed by atoms with Crippen LogP contribution in [0, 0.1) is 5.92 Å². The minimum Gasteiger partial charge on any atom is -0.454 e. The summed E-state index contributed by atoms with van der Waals surface area (Å²) in [5, 5.41) is 2.72. The fourth-order valence-electron chi connectivity index (χ4n) is 4.08. The Bertz CT molecular complexity index is 1320. The van der Waals surface area contributed by atoms with Crippen LogP contribution in [0.2, 0.25) is 0 Å². The van der Waals surface area contributed by atoms with Gasteiger partial charge in [-0.15, -0.1) is 0 Å². The third kappa shape index (κ3) is 4.99. The van der Waals surface area contributed by atoms with E-state index in [4.69, 9.17) is 9.47 Å². The van der Waals surface area contributed by atoms with Crippen molar-refractivity contribution in [3.63, 3.8) is 0 Å². The van der Waals surface area contributed by atoms with Crippen LogP contribution in [-0.2, 0) is 15.8 Å². The number of fused-ring (bicyclic) bond motifs is 2. The molecule has 3 heterocycles. The first kappa shape index (κ1) is 25.0. The number of ether oxygens (including phenoxy) is 2. The van der Waals surface area contributed by atoms with E-state index in [1.165, 1.54) is 31.2 Å². The van der Waals surface area contributed by atoms with Gasteiger partial charge in [0.05, 0.1) is 28.6 Å². The Balaban J connectivity index is 1.38.